The van der Waals surface area contributed by atoms with Gasteiger partial charge in [-0.15, -0.1) is 0 Å². The maximum atomic E-state index is 6.58. The molecule has 0 aliphatic rings. The number of hydrogen-bond acceptors (Lipinski definition) is 2. The van der Waals surface area contributed by atoms with Crippen LogP contribution in [0.15, 0.2) is 65.1 Å². The van der Waals surface area contributed by atoms with Gasteiger partial charge in [0.15, 0.2) is 5.58 Å². The Morgan fingerprint density at radius 2 is 1.36 bits per heavy atom. The van der Waals surface area contributed by atoms with Gasteiger partial charge < -0.3 is 9.32 Å². The minimum Gasteiger partial charge on any atom is -0.454 e. The standard InChI is InChI=1S/C25H29NOSi/c1-17(2)18-11-7-8-14-21(18)26(3)22-15-9-12-19-20-13-10-16-23(28(4,5)6)25(20)27-24(19)22/h7-17H,1-6H3. The van der Waals surface area contributed by atoms with Crippen LogP contribution in [-0.2, 0) is 0 Å². The molecule has 0 aliphatic heterocycles. The van der Waals surface area contributed by atoms with Gasteiger partial charge in [0.05, 0.1) is 13.8 Å². The fourth-order valence-electron chi connectivity index (χ4n) is 4.07. The Balaban J connectivity index is 1.97. The lowest BCUT2D eigenvalue weighted by Gasteiger charge is -2.24. The van der Waals surface area contributed by atoms with Gasteiger partial charge in [-0.3, -0.25) is 0 Å². The zero-order valence-corrected chi connectivity index (χ0v) is 18.7. The van der Waals surface area contributed by atoms with E-state index in [9.17, 15) is 0 Å². The van der Waals surface area contributed by atoms with Crippen molar-refractivity contribution in [3.05, 3.63) is 66.2 Å². The molecule has 0 saturated carbocycles. The lowest BCUT2D eigenvalue weighted by molar-refractivity contribution is 0.671. The topological polar surface area (TPSA) is 16.4 Å². The Morgan fingerprint density at radius 3 is 2.04 bits per heavy atom. The van der Waals surface area contributed by atoms with Crippen LogP contribution in [0, 0.1) is 0 Å². The number of para-hydroxylation sites is 3. The monoisotopic (exact) mass is 387 g/mol. The van der Waals surface area contributed by atoms with Crippen molar-refractivity contribution in [3.63, 3.8) is 0 Å². The summed E-state index contributed by atoms with van der Waals surface area (Å²) in [5, 5.41) is 3.81. The van der Waals surface area contributed by atoms with Crippen LogP contribution in [0.1, 0.15) is 25.3 Å². The fourth-order valence-corrected chi connectivity index (χ4v) is 5.53. The Labute approximate surface area is 168 Å². The predicted molar refractivity (Wildman–Crippen MR) is 125 cm³/mol. The van der Waals surface area contributed by atoms with Crippen LogP contribution < -0.4 is 10.1 Å². The first-order valence-corrected chi connectivity index (χ1v) is 13.6. The average Bonchev–Trinajstić information content (AvgIpc) is 3.05. The number of furan rings is 1. The molecule has 0 aliphatic carbocycles. The van der Waals surface area contributed by atoms with E-state index >= 15 is 0 Å². The molecule has 0 saturated heterocycles. The molecule has 2 nitrogen and oxygen atoms in total. The summed E-state index contributed by atoms with van der Waals surface area (Å²) in [5.41, 5.74) is 5.74. The summed E-state index contributed by atoms with van der Waals surface area (Å²) in [6.45, 7) is 11.6. The van der Waals surface area contributed by atoms with Crippen molar-refractivity contribution in [2.75, 3.05) is 11.9 Å². The third kappa shape index (κ3) is 3.04. The molecular formula is C25H29NOSi. The third-order valence-electron chi connectivity index (χ3n) is 5.59. The minimum absolute atomic E-state index is 0.465. The summed E-state index contributed by atoms with van der Waals surface area (Å²) in [5.74, 6) is 0.465. The second-order valence-electron chi connectivity index (χ2n) is 8.96. The zero-order chi connectivity index (χ0) is 20.1. The van der Waals surface area contributed by atoms with Gasteiger partial charge in [0.1, 0.15) is 5.58 Å². The highest BCUT2D eigenvalue weighted by Gasteiger charge is 2.24. The lowest BCUT2D eigenvalue weighted by Crippen LogP contribution is -2.37. The molecule has 0 unspecified atom stereocenters. The summed E-state index contributed by atoms with van der Waals surface area (Å²) in [6, 6.07) is 21.7. The molecule has 0 N–H and O–H groups in total. The van der Waals surface area contributed by atoms with Gasteiger partial charge in [0.2, 0.25) is 0 Å². The van der Waals surface area contributed by atoms with Crippen LogP contribution in [0.25, 0.3) is 21.9 Å². The molecule has 3 heteroatoms. The highest BCUT2D eigenvalue weighted by molar-refractivity contribution is 6.90. The third-order valence-corrected chi connectivity index (χ3v) is 7.60. The molecule has 0 spiro atoms. The molecule has 144 valence electrons. The number of rotatable bonds is 4. The maximum Gasteiger partial charge on any atom is 0.159 e. The maximum absolute atomic E-state index is 6.58. The average molecular weight is 388 g/mol. The molecule has 4 rings (SSSR count). The Bertz CT molecular complexity index is 1150. The Morgan fingerprint density at radius 1 is 0.750 bits per heavy atom. The van der Waals surface area contributed by atoms with E-state index in [0.29, 0.717) is 5.92 Å². The molecule has 0 fully saturated rings. The van der Waals surface area contributed by atoms with E-state index in [2.05, 4.69) is 106 Å². The molecular weight excluding hydrogens is 358 g/mol. The van der Waals surface area contributed by atoms with Crippen LogP contribution in [0.5, 0.6) is 0 Å². The Hall–Kier alpha value is -2.52. The predicted octanol–water partition coefficient (Wildman–Crippen LogP) is 7.02. The molecule has 1 heterocycles. The van der Waals surface area contributed by atoms with Gasteiger partial charge in [0, 0.05) is 23.5 Å². The van der Waals surface area contributed by atoms with Crippen molar-refractivity contribution in [3.8, 4) is 0 Å². The van der Waals surface area contributed by atoms with E-state index < -0.39 is 8.07 Å². The van der Waals surface area contributed by atoms with Crippen LogP contribution in [0.4, 0.5) is 11.4 Å². The summed E-state index contributed by atoms with van der Waals surface area (Å²) in [6.07, 6.45) is 0. The van der Waals surface area contributed by atoms with Crippen molar-refractivity contribution in [1.29, 1.82) is 0 Å². The van der Waals surface area contributed by atoms with Gasteiger partial charge in [-0.05, 0) is 28.8 Å². The van der Waals surface area contributed by atoms with Crippen LogP contribution >= 0.6 is 0 Å². The van der Waals surface area contributed by atoms with E-state index in [-0.39, 0.29) is 0 Å². The number of fused-ring (bicyclic) bond motifs is 3. The largest absolute Gasteiger partial charge is 0.454 e. The van der Waals surface area contributed by atoms with E-state index in [0.717, 1.165) is 16.9 Å². The smallest absolute Gasteiger partial charge is 0.159 e. The fraction of sp³-hybridized carbons (Fsp3) is 0.280. The van der Waals surface area contributed by atoms with Crippen molar-refractivity contribution < 1.29 is 4.42 Å². The second kappa shape index (κ2) is 6.82. The first-order valence-electron chi connectivity index (χ1n) is 10.1. The molecule has 0 bridgehead atoms. The van der Waals surface area contributed by atoms with Gasteiger partial charge in [0.25, 0.3) is 0 Å². The normalized spacial score (nSPS) is 12.2. The summed E-state index contributed by atoms with van der Waals surface area (Å²) in [4.78, 5) is 2.27. The second-order valence-corrected chi connectivity index (χ2v) is 14.0. The number of nitrogens with zero attached hydrogens (tertiary/aromatic N) is 1. The summed E-state index contributed by atoms with van der Waals surface area (Å²) >= 11 is 0. The van der Waals surface area contributed by atoms with E-state index in [1.54, 1.807) is 0 Å². The Kier molecular flexibility index (Phi) is 4.58. The number of anilines is 2. The lowest BCUT2D eigenvalue weighted by atomic mass is 10.00. The van der Waals surface area contributed by atoms with Gasteiger partial charge >= 0.3 is 0 Å². The molecule has 28 heavy (non-hydrogen) atoms. The van der Waals surface area contributed by atoms with Crippen molar-refractivity contribution in [2.24, 2.45) is 0 Å². The van der Waals surface area contributed by atoms with Crippen LogP contribution in [0.2, 0.25) is 19.6 Å². The summed E-state index contributed by atoms with van der Waals surface area (Å²) in [7, 11) is 0.641. The SMILES string of the molecule is CC(C)c1ccccc1N(C)c1cccc2c1oc1c([Si](C)(C)C)cccc12. The van der Waals surface area contributed by atoms with Gasteiger partial charge in [-0.2, -0.15) is 0 Å². The quantitative estimate of drug-likeness (QED) is 0.350. The first-order chi connectivity index (χ1) is 13.3. The number of hydrogen-bond donors (Lipinski definition) is 0. The molecule has 0 radical (unpaired) electrons. The zero-order valence-electron chi connectivity index (χ0n) is 17.7. The van der Waals surface area contributed by atoms with E-state index in [1.807, 2.05) is 0 Å². The van der Waals surface area contributed by atoms with Gasteiger partial charge in [-0.25, -0.2) is 0 Å². The van der Waals surface area contributed by atoms with Crippen molar-refractivity contribution >= 4 is 46.6 Å². The van der Waals surface area contributed by atoms with Gasteiger partial charge in [-0.1, -0.05) is 82.0 Å². The van der Waals surface area contributed by atoms with E-state index in [4.69, 9.17) is 4.42 Å². The first kappa shape index (κ1) is 18.8. The molecule has 0 atom stereocenters. The van der Waals surface area contributed by atoms with Crippen LogP contribution in [-0.4, -0.2) is 15.1 Å². The van der Waals surface area contributed by atoms with Crippen molar-refractivity contribution in [2.45, 2.75) is 39.4 Å². The summed E-state index contributed by atoms with van der Waals surface area (Å²) < 4.78 is 6.58. The molecule has 0 amide bonds. The highest BCUT2D eigenvalue weighted by atomic mass is 28.3. The highest BCUT2D eigenvalue weighted by Crippen LogP contribution is 2.39. The van der Waals surface area contributed by atoms with E-state index in [1.165, 1.54) is 27.2 Å². The van der Waals surface area contributed by atoms with Crippen LogP contribution in [0.3, 0.4) is 0 Å². The number of benzene rings is 3. The van der Waals surface area contributed by atoms with Crippen molar-refractivity contribution in [1.82, 2.24) is 0 Å². The molecule has 1 aromatic heterocycles. The molecule has 4 aromatic rings. The minimum atomic E-state index is -1.50. The molecule has 3 aromatic carbocycles.